The molecule has 7 nitrogen and oxygen atoms in total. The highest BCUT2D eigenvalue weighted by molar-refractivity contribution is 7.99. The number of pyridine rings is 1. The van der Waals surface area contributed by atoms with Gasteiger partial charge in [-0.3, -0.25) is 14.5 Å². The van der Waals surface area contributed by atoms with Gasteiger partial charge < -0.3 is 5.32 Å². The summed E-state index contributed by atoms with van der Waals surface area (Å²) in [6.45, 7) is 0. The number of carbonyl (C=O) groups is 2. The van der Waals surface area contributed by atoms with Crippen molar-refractivity contribution in [2.24, 2.45) is 0 Å². The van der Waals surface area contributed by atoms with E-state index in [0.29, 0.717) is 10.8 Å². The first-order chi connectivity index (χ1) is 8.70. The van der Waals surface area contributed by atoms with Gasteiger partial charge >= 0.3 is 6.03 Å². The zero-order valence-corrected chi connectivity index (χ0v) is 10.4. The lowest BCUT2D eigenvalue weighted by atomic mass is 10.5. The van der Waals surface area contributed by atoms with Gasteiger partial charge in [0.2, 0.25) is 5.91 Å². The van der Waals surface area contributed by atoms with Gasteiger partial charge in [-0.15, -0.1) is 10.2 Å². The normalized spacial score (nSPS) is 10.3. The number of rotatable bonds is 3. The molecule has 2 aromatic rings. The Balaban J connectivity index is 1.98. The Morgan fingerprint density at radius 3 is 3.00 bits per heavy atom. The summed E-state index contributed by atoms with van der Waals surface area (Å²) < 4.78 is 1.78. The Hall–Kier alpha value is -2.09. The number of fused-ring (bicyclic) bond motifs is 1. The summed E-state index contributed by atoms with van der Waals surface area (Å²) in [5, 5.41) is 13.0. The van der Waals surface area contributed by atoms with E-state index in [1.54, 1.807) is 4.40 Å². The van der Waals surface area contributed by atoms with Gasteiger partial charge in [0.05, 0.1) is 5.75 Å². The molecule has 3 amide bonds. The number of aromatic nitrogens is 3. The first kappa shape index (κ1) is 12.4. The van der Waals surface area contributed by atoms with Gasteiger partial charge in [0.15, 0.2) is 10.8 Å². The molecule has 0 fully saturated rings. The molecule has 2 rings (SSSR count). The van der Waals surface area contributed by atoms with E-state index in [9.17, 15) is 9.59 Å². The minimum atomic E-state index is -0.522. The molecule has 0 aliphatic heterocycles. The third kappa shape index (κ3) is 2.77. The van der Waals surface area contributed by atoms with Crippen molar-refractivity contribution in [2.75, 3.05) is 12.8 Å². The maximum atomic E-state index is 11.4. The summed E-state index contributed by atoms with van der Waals surface area (Å²) in [5.74, 6) is -0.282. The number of nitrogens with one attached hydrogen (secondary N) is 2. The molecule has 8 heteroatoms. The van der Waals surface area contributed by atoms with E-state index in [1.165, 1.54) is 18.8 Å². The fourth-order valence-electron chi connectivity index (χ4n) is 1.27. The van der Waals surface area contributed by atoms with E-state index in [4.69, 9.17) is 0 Å². The maximum Gasteiger partial charge on any atom is 0.321 e. The molecule has 0 bridgehead atoms. The average molecular weight is 265 g/mol. The maximum absolute atomic E-state index is 11.4. The van der Waals surface area contributed by atoms with Crippen LogP contribution in [0.4, 0.5) is 4.79 Å². The van der Waals surface area contributed by atoms with Crippen LogP contribution in [0.25, 0.3) is 5.65 Å². The molecular formula is C10H11N5O2S. The van der Waals surface area contributed by atoms with Gasteiger partial charge in [-0.25, -0.2) is 4.79 Å². The molecule has 2 aromatic heterocycles. The van der Waals surface area contributed by atoms with Crippen LogP contribution in [-0.2, 0) is 4.79 Å². The van der Waals surface area contributed by atoms with Gasteiger partial charge in [0, 0.05) is 13.2 Å². The number of thioether (sulfide) groups is 1. The predicted molar refractivity (Wildman–Crippen MR) is 66.3 cm³/mol. The molecule has 18 heavy (non-hydrogen) atoms. The van der Waals surface area contributed by atoms with Crippen molar-refractivity contribution in [3.8, 4) is 0 Å². The van der Waals surface area contributed by atoms with Crippen molar-refractivity contribution in [3.05, 3.63) is 24.4 Å². The van der Waals surface area contributed by atoms with E-state index in [0.717, 1.165) is 0 Å². The Morgan fingerprint density at radius 1 is 1.39 bits per heavy atom. The lowest BCUT2D eigenvalue weighted by molar-refractivity contribution is -0.117. The van der Waals surface area contributed by atoms with E-state index < -0.39 is 6.03 Å². The van der Waals surface area contributed by atoms with Gasteiger partial charge in [0.25, 0.3) is 0 Å². The van der Waals surface area contributed by atoms with Gasteiger partial charge in [-0.2, -0.15) is 0 Å². The number of urea groups is 1. The van der Waals surface area contributed by atoms with Gasteiger partial charge in [-0.1, -0.05) is 17.8 Å². The van der Waals surface area contributed by atoms with E-state index in [2.05, 4.69) is 20.8 Å². The molecule has 0 aliphatic carbocycles. The fraction of sp³-hybridized carbons (Fsp3) is 0.200. The molecule has 0 saturated heterocycles. The second-order valence-electron chi connectivity index (χ2n) is 3.33. The van der Waals surface area contributed by atoms with Crippen molar-refractivity contribution in [2.45, 2.75) is 5.16 Å². The molecule has 0 aliphatic rings. The van der Waals surface area contributed by atoms with Crippen molar-refractivity contribution in [3.63, 3.8) is 0 Å². The van der Waals surface area contributed by atoms with E-state index in [-0.39, 0.29) is 11.7 Å². The largest absolute Gasteiger partial charge is 0.341 e. The lowest BCUT2D eigenvalue weighted by Crippen LogP contribution is -2.38. The summed E-state index contributed by atoms with van der Waals surface area (Å²) in [5.41, 5.74) is 0.715. The van der Waals surface area contributed by atoms with Crippen LogP contribution in [0.3, 0.4) is 0 Å². The van der Waals surface area contributed by atoms with Crippen LogP contribution in [0.2, 0.25) is 0 Å². The number of amides is 3. The smallest absolute Gasteiger partial charge is 0.321 e. The summed E-state index contributed by atoms with van der Waals surface area (Å²) >= 11 is 1.21. The molecular weight excluding hydrogens is 254 g/mol. The number of hydrogen-bond acceptors (Lipinski definition) is 5. The highest BCUT2D eigenvalue weighted by Crippen LogP contribution is 2.15. The van der Waals surface area contributed by atoms with Crippen molar-refractivity contribution < 1.29 is 9.59 Å². The van der Waals surface area contributed by atoms with Gasteiger partial charge in [-0.05, 0) is 12.1 Å². The third-order valence-electron chi connectivity index (χ3n) is 2.09. The highest BCUT2D eigenvalue weighted by atomic mass is 32.2. The van der Waals surface area contributed by atoms with E-state index in [1.807, 2.05) is 24.4 Å². The number of imide groups is 1. The molecule has 0 spiro atoms. The Kier molecular flexibility index (Phi) is 3.78. The van der Waals surface area contributed by atoms with Crippen molar-refractivity contribution in [1.29, 1.82) is 0 Å². The molecule has 2 heterocycles. The van der Waals surface area contributed by atoms with Gasteiger partial charge in [0.1, 0.15) is 0 Å². The minimum absolute atomic E-state index is 0.100. The zero-order valence-electron chi connectivity index (χ0n) is 9.58. The third-order valence-corrected chi connectivity index (χ3v) is 3.04. The average Bonchev–Trinajstić information content (AvgIpc) is 2.79. The summed E-state index contributed by atoms with van der Waals surface area (Å²) in [6, 6.07) is 5.01. The standard InChI is InChI=1S/C10H11N5O2S/c1-11-9(17)12-8(16)6-18-10-14-13-7-4-2-3-5-15(7)10/h2-5H,6H2,1H3,(H2,11,12,16,17). The molecule has 0 aromatic carbocycles. The SMILES string of the molecule is CNC(=O)NC(=O)CSc1nnc2ccccn12. The summed E-state index contributed by atoms with van der Waals surface area (Å²) in [6.07, 6.45) is 1.81. The summed E-state index contributed by atoms with van der Waals surface area (Å²) in [7, 11) is 1.45. The van der Waals surface area contributed by atoms with E-state index >= 15 is 0 Å². The first-order valence-electron chi connectivity index (χ1n) is 5.15. The predicted octanol–water partition coefficient (Wildman–Crippen LogP) is 0.277. The highest BCUT2D eigenvalue weighted by Gasteiger charge is 2.10. The Bertz CT molecular complexity index is 582. The zero-order chi connectivity index (χ0) is 13.0. The number of nitrogens with zero attached hydrogens (tertiary/aromatic N) is 3. The quantitative estimate of drug-likeness (QED) is 0.778. The van der Waals surface area contributed by atoms with Crippen LogP contribution < -0.4 is 10.6 Å². The summed E-state index contributed by atoms with van der Waals surface area (Å²) in [4.78, 5) is 22.3. The molecule has 0 radical (unpaired) electrons. The first-order valence-corrected chi connectivity index (χ1v) is 6.13. The lowest BCUT2D eigenvalue weighted by Gasteiger charge is -2.02. The Labute approximate surface area is 107 Å². The van der Waals surface area contributed by atoms with Crippen LogP contribution in [0, 0.1) is 0 Å². The molecule has 0 atom stereocenters. The van der Waals surface area contributed by atoms with Crippen LogP contribution in [-0.4, -0.2) is 39.3 Å². The fourth-order valence-corrected chi connectivity index (χ4v) is 2.00. The van der Waals surface area contributed by atoms with Crippen molar-refractivity contribution >= 4 is 29.3 Å². The minimum Gasteiger partial charge on any atom is -0.341 e. The molecule has 0 unspecified atom stereocenters. The Morgan fingerprint density at radius 2 is 2.22 bits per heavy atom. The molecule has 0 saturated carbocycles. The monoisotopic (exact) mass is 265 g/mol. The van der Waals surface area contributed by atoms with Crippen LogP contribution in [0.1, 0.15) is 0 Å². The van der Waals surface area contributed by atoms with Crippen LogP contribution in [0.15, 0.2) is 29.6 Å². The second-order valence-corrected chi connectivity index (χ2v) is 4.27. The number of carbonyl (C=O) groups excluding carboxylic acids is 2. The topological polar surface area (TPSA) is 88.4 Å². The van der Waals surface area contributed by atoms with Crippen LogP contribution in [0.5, 0.6) is 0 Å². The molecule has 2 N–H and O–H groups in total. The second kappa shape index (κ2) is 5.50. The van der Waals surface area contributed by atoms with Crippen LogP contribution >= 0.6 is 11.8 Å². The number of hydrogen-bond donors (Lipinski definition) is 2. The molecule has 94 valence electrons. The van der Waals surface area contributed by atoms with Crippen molar-refractivity contribution in [1.82, 2.24) is 25.2 Å².